The zero-order chi connectivity index (χ0) is 9.97. The largest absolute Gasteiger partial charge is 0.301 e. The van der Waals surface area contributed by atoms with Crippen molar-refractivity contribution < 1.29 is 4.79 Å². The molecule has 72 valence electrons. The Morgan fingerprint density at radius 2 is 2.29 bits per heavy atom. The minimum Gasteiger partial charge on any atom is -0.301 e. The van der Waals surface area contributed by atoms with E-state index in [1.165, 1.54) is 0 Å². The maximum atomic E-state index is 10.8. The number of halogens is 1. The van der Waals surface area contributed by atoms with Crippen molar-refractivity contribution in [3.05, 3.63) is 35.4 Å². The molecule has 0 radical (unpaired) electrons. The Balaban J connectivity index is 2.52. The fourth-order valence-corrected chi connectivity index (χ4v) is 1.72. The maximum Gasteiger partial charge on any atom is 0.148 e. The summed E-state index contributed by atoms with van der Waals surface area (Å²) in [7, 11) is 0. The molecule has 1 aromatic carbocycles. The highest BCUT2D eigenvalue weighted by Gasteiger charge is 2.20. The predicted molar refractivity (Wildman–Crippen MR) is 55.6 cm³/mol. The summed E-state index contributed by atoms with van der Waals surface area (Å²) in [5.74, 6) is 0.343. The van der Waals surface area contributed by atoms with Crippen LogP contribution in [0.25, 0.3) is 0 Å². The van der Waals surface area contributed by atoms with Crippen molar-refractivity contribution in [2.75, 3.05) is 5.88 Å². The van der Waals surface area contributed by atoms with E-state index < -0.39 is 0 Å². The number of hydrogen-bond donors (Lipinski definition) is 1. The van der Waals surface area contributed by atoms with Crippen molar-refractivity contribution in [3.63, 3.8) is 0 Å². The van der Waals surface area contributed by atoms with Gasteiger partial charge in [-0.2, -0.15) is 5.10 Å². The van der Waals surface area contributed by atoms with Crippen LogP contribution in [0.3, 0.4) is 0 Å². The smallest absolute Gasteiger partial charge is 0.148 e. The molecular formula is C10H9ClN2O. The first kappa shape index (κ1) is 9.21. The molecule has 1 aliphatic heterocycles. The van der Waals surface area contributed by atoms with Crippen molar-refractivity contribution >= 4 is 23.6 Å². The van der Waals surface area contributed by atoms with Gasteiger partial charge in [-0.05, 0) is 5.56 Å². The van der Waals surface area contributed by atoms with Crippen LogP contribution in [0.2, 0.25) is 0 Å². The minimum atomic E-state index is -0.349. The van der Waals surface area contributed by atoms with Gasteiger partial charge in [-0.15, -0.1) is 11.6 Å². The number of nitrogens with zero attached hydrogens (tertiary/aromatic N) is 1. The van der Waals surface area contributed by atoms with Crippen molar-refractivity contribution in [1.82, 2.24) is 5.43 Å². The van der Waals surface area contributed by atoms with Crippen molar-refractivity contribution in [3.8, 4) is 0 Å². The first-order valence-corrected chi connectivity index (χ1v) is 4.83. The molecule has 14 heavy (non-hydrogen) atoms. The Labute approximate surface area is 86.8 Å². The summed E-state index contributed by atoms with van der Waals surface area (Å²) in [5, 5.41) is 4.04. The van der Waals surface area contributed by atoms with E-state index in [4.69, 9.17) is 11.6 Å². The summed E-state index contributed by atoms with van der Waals surface area (Å²) in [5.41, 5.74) is 5.43. The summed E-state index contributed by atoms with van der Waals surface area (Å²) < 4.78 is 0. The quantitative estimate of drug-likeness (QED) is 0.591. The lowest BCUT2D eigenvalue weighted by Crippen LogP contribution is -2.27. The minimum absolute atomic E-state index is 0.343. The standard InChI is InChI=1S/C10H9ClN2O/c11-5-9-7-3-1-2-4-8(7)10(6-14)13-12-9/h1-4,6,10,13H,5H2. The van der Waals surface area contributed by atoms with Crippen molar-refractivity contribution in [1.29, 1.82) is 0 Å². The van der Waals surface area contributed by atoms with Crippen LogP contribution in [-0.2, 0) is 4.79 Å². The lowest BCUT2D eigenvalue weighted by atomic mass is 9.97. The third-order valence-corrected chi connectivity index (χ3v) is 2.46. The number of benzene rings is 1. The van der Waals surface area contributed by atoms with E-state index in [9.17, 15) is 4.79 Å². The second-order valence-corrected chi connectivity index (χ2v) is 3.29. The average molecular weight is 209 g/mol. The van der Waals surface area contributed by atoms with Gasteiger partial charge < -0.3 is 4.79 Å². The van der Waals surface area contributed by atoms with E-state index in [0.717, 1.165) is 23.1 Å². The van der Waals surface area contributed by atoms with Gasteiger partial charge in [-0.25, -0.2) is 0 Å². The second-order valence-electron chi connectivity index (χ2n) is 3.02. The van der Waals surface area contributed by atoms with E-state index in [1.807, 2.05) is 24.3 Å². The predicted octanol–water partition coefficient (Wildman–Crippen LogP) is 1.47. The molecule has 0 aliphatic carbocycles. The number of alkyl halides is 1. The zero-order valence-electron chi connectivity index (χ0n) is 7.40. The van der Waals surface area contributed by atoms with E-state index >= 15 is 0 Å². The first-order chi connectivity index (χ1) is 6.86. The van der Waals surface area contributed by atoms with Gasteiger partial charge in [0.25, 0.3) is 0 Å². The Bertz CT molecular complexity index is 389. The van der Waals surface area contributed by atoms with Gasteiger partial charge in [0.2, 0.25) is 0 Å². The number of fused-ring (bicyclic) bond motifs is 1. The van der Waals surface area contributed by atoms with Crippen LogP contribution < -0.4 is 5.43 Å². The Morgan fingerprint density at radius 3 is 3.00 bits per heavy atom. The number of carbonyl (C=O) groups excluding carboxylic acids is 1. The second kappa shape index (κ2) is 3.80. The molecule has 1 heterocycles. The van der Waals surface area contributed by atoms with Crippen LogP contribution in [0.1, 0.15) is 17.2 Å². The highest BCUT2D eigenvalue weighted by Crippen LogP contribution is 2.21. The molecule has 1 N–H and O–H groups in total. The van der Waals surface area contributed by atoms with Gasteiger partial charge in [0.1, 0.15) is 12.3 Å². The lowest BCUT2D eigenvalue weighted by molar-refractivity contribution is -0.109. The number of nitrogens with one attached hydrogen (secondary N) is 1. The third-order valence-electron chi connectivity index (χ3n) is 2.21. The molecule has 0 saturated carbocycles. The normalized spacial score (nSPS) is 19.2. The summed E-state index contributed by atoms with van der Waals surface area (Å²) in [6.07, 6.45) is 0.841. The molecule has 2 rings (SSSR count). The molecule has 0 aromatic heterocycles. The number of hydrogen-bond acceptors (Lipinski definition) is 3. The van der Waals surface area contributed by atoms with Gasteiger partial charge >= 0.3 is 0 Å². The topological polar surface area (TPSA) is 41.5 Å². The Hall–Kier alpha value is -1.35. The van der Waals surface area contributed by atoms with Gasteiger partial charge in [0, 0.05) is 5.56 Å². The Morgan fingerprint density at radius 1 is 1.50 bits per heavy atom. The number of carbonyl (C=O) groups is 1. The van der Waals surface area contributed by atoms with Gasteiger partial charge in [-0.3, -0.25) is 5.43 Å². The van der Waals surface area contributed by atoms with E-state index in [2.05, 4.69) is 10.5 Å². The average Bonchev–Trinajstić information content (AvgIpc) is 2.27. The van der Waals surface area contributed by atoms with Gasteiger partial charge in [-0.1, -0.05) is 24.3 Å². The van der Waals surface area contributed by atoms with Crippen LogP contribution in [0.4, 0.5) is 0 Å². The molecule has 0 spiro atoms. The van der Waals surface area contributed by atoms with Crippen LogP contribution in [0.15, 0.2) is 29.4 Å². The fraction of sp³-hybridized carbons (Fsp3) is 0.200. The molecule has 0 saturated heterocycles. The molecule has 0 fully saturated rings. The third kappa shape index (κ3) is 1.40. The zero-order valence-corrected chi connectivity index (χ0v) is 8.16. The van der Waals surface area contributed by atoms with Crippen LogP contribution in [-0.4, -0.2) is 17.9 Å². The van der Waals surface area contributed by atoms with E-state index in [0.29, 0.717) is 5.88 Å². The van der Waals surface area contributed by atoms with Crippen molar-refractivity contribution in [2.45, 2.75) is 6.04 Å². The molecule has 1 aliphatic rings. The number of rotatable bonds is 2. The summed E-state index contributed by atoms with van der Waals surface area (Å²) in [4.78, 5) is 10.8. The molecule has 0 amide bonds. The summed E-state index contributed by atoms with van der Waals surface area (Å²) in [6.45, 7) is 0. The highest BCUT2D eigenvalue weighted by atomic mass is 35.5. The molecule has 3 nitrogen and oxygen atoms in total. The molecular weight excluding hydrogens is 200 g/mol. The van der Waals surface area contributed by atoms with E-state index in [1.54, 1.807) is 0 Å². The molecule has 0 bridgehead atoms. The molecule has 1 aromatic rings. The van der Waals surface area contributed by atoms with Gasteiger partial charge in [0.15, 0.2) is 0 Å². The van der Waals surface area contributed by atoms with Gasteiger partial charge in [0.05, 0.1) is 11.6 Å². The monoisotopic (exact) mass is 208 g/mol. The van der Waals surface area contributed by atoms with Crippen LogP contribution in [0.5, 0.6) is 0 Å². The van der Waals surface area contributed by atoms with E-state index in [-0.39, 0.29) is 6.04 Å². The fourth-order valence-electron chi connectivity index (χ4n) is 1.51. The molecule has 1 atom stereocenters. The molecule has 1 unspecified atom stereocenters. The summed E-state index contributed by atoms with van der Waals surface area (Å²) in [6, 6.07) is 7.29. The maximum absolute atomic E-state index is 10.8. The lowest BCUT2D eigenvalue weighted by Gasteiger charge is -2.21. The number of aldehydes is 1. The Kier molecular flexibility index (Phi) is 2.50. The first-order valence-electron chi connectivity index (χ1n) is 4.29. The highest BCUT2D eigenvalue weighted by molar-refractivity contribution is 6.32. The number of hydrazone groups is 1. The van der Waals surface area contributed by atoms with Crippen LogP contribution in [0, 0.1) is 0 Å². The molecule has 4 heteroatoms. The SMILES string of the molecule is O=CC1NN=C(CCl)c2ccccc21. The van der Waals surface area contributed by atoms with Crippen LogP contribution >= 0.6 is 11.6 Å². The van der Waals surface area contributed by atoms with Crippen molar-refractivity contribution in [2.24, 2.45) is 5.10 Å². The summed E-state index contributed by atoms with van der Waals surface area (Å²) >= 11 is 5.74.